The van der Waals surface area contributed by atoms with Gasteiger partial charge < -0.3 is 15.0 Å². The molecule has 0 spiro atoms. The molecule has 0 atom stereocenters. The number of aryl methyl sites for hydroxylation is 2. The number of benzene rings is 1. The molecule has 0 aliphatic rings. The van der Waals surface area contributed by atoms with Gasteiger partial charge >= 0.3 is 0 Å². The number of nitrogens with two attached hydrogens (primary N) is 1. The quantitative estimate of drug-likeness (QED) is 0.905. The molecular formula is C13H15FN2O2. The van der Waals surface area contributed by atoms with E-state index >= 15 is 0 Å². The summed E-state index contributed by atoms with van der Waals surface area (Å²) in [4.78, 5) is 0. The third kappa shape index (κ3) is 2.68. The lowest BCUT2D eigenvalue weighted by atomic mass is 10.2. The van der Waals surface area contributed by atoms with E-state index < -0.39 is 0 Å². The molecule has 2 N–H and O–H groups in total. The summed E-state index contributed by atoms with van der Waals surface area (Å²) in [6.07, 6.45) is 0. The van der Waals surface area contributed by atoms with E-state index in [-0.39, 0.29) is 12.4 Å². The Kier molecular flexibility index (Phi) is 3.62. The summed E-state index contributed by atoms with van der Waals surface area (Å²) in [5.74, 6) is 0.810. The number of halogens is 1. The Balaban J connectivity index is 2.13. The van der Waals surface area contributed by atoms with Crippen LogP contribution in [0.4, 0.5) is 4.39 Å². The normalized spacial score (nSPS) is 10.7. The molecule has 0 saturated carbocycles. The maximum absolute atomic E-state index is 13.3. The van der Waals surface area contributed by atoms with Crippen molar-refractivity contribution in [2.45, 2.75) is 27.0 Å². The topological polar surface area (TPSA) is 61.3 Å². The zero-order valence-corrected chi connectivity index (χ0v) is 10.4. The van der Waals surface area contributed by atoms with Gasteiger partial charge in [0, 0.05) is 12.6 Å². The first-order valence-corrected chi connectivity index (χ1v) is 5.64. The van der Waals surface area contributed by atoms with E-state index in [0.29, 0.717) is 23.7 Å². The lowest BCUT2D eigenvalue weighted by Gasteiger charge is -2.07. The molecule has 1 aromatic heterocycles. The van der Waals surface area contributed by atoms with E-state index in [1.54, 1.807) is 6.07 Å². The van der Waals surface area contributed by atoms with Crippen LogP contribution in [0.2, 0.25) is 0 Å². The van der Waals surface area contributed by atoms with Crippen molar-refractivity contribution in [3.63, 3.8) is 0 Å². The van der Waals surface area contributed by atoms with Crippen LogP contribution in [0.15, 0.2) is 22.7 Å². The SMILES string of the molecule is Cc1noc(C)c1COc1cc(F)cc(CN)c1. The number of ether oxygens (including phenoxy) is 1. The van der Waals surface area contributed by atoms with E-state index in [2.05, 4.69) is 5.16 Å². The highest BCUT2D eigenvalue weighted by molar-refractivity contribution is 5.30. The van der Waals surface area contributed by atoms with Gasteiger partial charge in [-0.25, -0.2) is 4.39 Å². The van der Waals surface area contributed by atoms with Crippen molar-refractivity contribution in [3.05, 3.63) is 46.6 Å². The predicted octanol–water partition coefficient (Wildman–Crippen LogP) is 2.47. The molecule has 0 unspecified atom stereocenters. The molecule has 96 valence electrons. The second-order valence-corrected chi connectivity index (χ2v) is 4.09. The van der Waals surface area contributed by atoms with Crippen molar-refractivity contribution in [2.24, 2.45) is 5.73 Å². The van der Waals surface area contributed by atoms with Crippen LogP contribution >= 0.6 is 0 Å². The number of rotatable bonds is 4. The van der Waals surface area contributed by atoms with Gasteiger partial charge in [0.05, 0.1) is 11.3 Å². The largest absolute Gasteiger partial charge is 0.489 e. The molecule has 0 radical (unpaired) electrons. The van der Waals surface area contributed by atoms with Crippen molar-refractivity contribution in [1.82, 2.24) is 5.16 Å². The highest BCUT2D eigenvalue weighted by atomic mass is 19.1. The van der Waals surface area contributed by atoms with Crippen molar-refractivity contribution < 1.29 is 13.7 Å². The third-order valence-corrected chi connectivity index (χ3v) is 2.73. The predicted molar refractivity (Wildman–Crippen MR) is 64.6 cm³/mol. The van der Waals surface area contributed by atoms with Crippen LogP contribution in [0.3, 0.4) is 0 Å². The van der Waals surface area contributed by atoms with E-state index in [1.165, 1.54) is 12.1 Å². The highest BCUT2D eigenvalue weighted by Crippen LogP contribution is 2.19. The maximum atomic E-state index is 13.3. The third-order valence-electron chi connectivity index (χ3n) is 2.73. The van der Waals surface area contributed by atoms with Crippen LogP contribution in [-0.4, -0.2) is 5.16 Å². The molecule has 0 amide bonds. The molecule has 0 aliphatic carbocycles. The van der Waals surface area contributed by atoms with Gasteiger partial charge in [0.15, 0.2) is 0 Å². The van der Waals surface area contributed by atoms with E-state index in [1.807, 2.05) is 13.8 Å². The fourth-order valence-corrected chi connectivity index (χ4v) is 1.69. The number of hydrogen-bond donors (Lipinski definition) is 1. The van der Waals surface area contributed by atoms with Crippen LogP contribution in [0.5, 0.6) is 5.75 Å². The zero-order valence-electron chi connectivity index (χ0n) is 10.4. The Bertz CT molecular complexity index is 532. The first kappa shape index (κ1) is 12.6. The lowest BCUT2D eigenvalue weighted by Crippen LogP contribution is -2.01. The first-order valence-electron chi connectivity index (χ1n) is 5.64. The molecular weight excluding hydrogens is 235 g/mol. The van der Waals surface area contributed by atoms with E-state index in [9.17, 15) is 4.39 Å². The molecule has 4 nitrogen and oxygen atoms in total. The Hall–Kier alpha value is -1.88. The molecule has 5 heteroatoms. The van der Waals surface area contributed by atoms with Gasteiger partial charge in [0.2, 0.25) is 0 Å². The summed E-state index contributed by atoms with van der Waals surface area (Å²) in [6.45, 7) is 4.23. The first-order chi connectivity index (χ1) is 8.60. The average Bonchev–Trinajstić information content (AvgIpc) is 2.66. The minimum Gasteiger partial charge on any atom is -0.489 e. The Labute approximate surface area is 105 Å². The van der Waals surface area contributed by atoms with Crippen molar-refractivity contribution in [2.75, 3.05) is 0 Å². The summed E-state index contributed by atoms with van der Waals surface area (Å²) in [7, 11) is 0. The number of hydrogen-bond acceptors (Lipinski definition) is 4. The molecule has 0 bridgehead atoms. The van der Waals surface area contributed by atoms with Crippen LogP contribution in [-0.2, 0) is 13.2 Å². The lowest BCUT2D eigenvalue weighted by molar-refractivity contribution is 0.300. The van der Waals surface area contributed by atoms with Crippen molar-refractivity contribution >= 4 is 0 Å². The minimum atomic E-state index is -0.355. The van der Waals surface area contributed by atoms with E-state index in [0.717, 1.165) is 11.3 Å². The Morgan fingerprint density at radius 3 is 2.72 bits per heavy atom. The summed E-state index contributed by atoms with van der Waals surface area (Å²) in [5.41, 5.74) is 7.84. The second kappa shape index (κ2) is 5.18. The molecule has 1 heterocycles. The smallest absolute Gasteiger partial charge is 0.140 e. The average molecular weight is 250 g/mol. The molecule has 18 heavy (non-hydrogen) atoms. The van der Waals surface area contributed by atoms with Crippen molar-refractivity contribution in [3.8, 4) is 5.75 Å². The van der Waals surface area contributed by atoms with Gasteiger partial charge in [0.1, 0.15) is 23.9 Å². The van der Waals surface area contributed by atoms with Crippen LogP contribution < -0.4 is 10.5 Å². The molecule has 2 aromatic rings. The highest BCUT2D eigenvalue weighted by Gasteiger charge is 2.10. The molecule has 0 aliphatic heterocycles. The Morgan fingerprint density at radius 2 is 2.11 bits per heavy atom. The molecule has 0 saturated heterocycles. The van der Waals surface area contributed by atoms with Crippen molar-refractivity contribution in [1.29, 1.82) is 0 Å². The summed E-state index contributed by atoms with van der Waals surface area (Å²) < 4.78 is 23.8. The van der Waals surface area contributed by atoms with Gasteiger partial charge in [-0.3, -0.25) is 0 Å². The van der Waals surface area contributed by atoms with Gasteiger partial charge in [-0.1, -0.05) is 5.16 Å². The Morgan fingerprint density at radius 1 is 1.33 bits per heavy atom. The zero-order chi connectivity index (χ0) is 13.1. The summed E-state index contributed by atoms with van der Waals surface area (Å²) in [5, 5.41) is 3.83. The number of aromatic nitrogens is 1. The minimum absolute atomic E-state index is 0.277. The van der Waals surface area contributed by atoms with Gasteiger partial charge in [-0.15, -0.1) is 0 Å². The molecule has 2 rings (SSSR count). The van der Waals surface area contributed by atoms with Crippen LogP contribution in [0, 0.1) is 19.7 Å². The van der Waals surface area contributed by atoms with Gasteiger partial charge in [-0.05, 0) is 31.5 Å². The fraction of sp³-hybridized carbons (Fsp3) is 0.308. The molecule has 1 aromatic carbocycles. The standard InChI is InChI=1S/C13H15FN2O2/c1-8-13(9(2)18-16-8)7-17-12-4-10(6-15)3-11(14)5-12/h3-5H,6-7,15H2,1-2H3. The van der Waals surface area contributed by atoms with Gasteiger partial charge in [0.25, 0.3) is 0 Å². The number of nitrogens with zero attached hydrogens (tertiary/aromatic N) is 1. The van der Waals surface area contributed by atoms with Gasteiger partial charge in [-0.2, -0.15) is 0 Å². The maximum Gasteiger partial charge on any atom is 0.140 e. The van der Waals surface area contributed by atoms with E-state index in [4.69, 9.17) is 15.0 Å². The second-order valence-electron chi connectivity index (χ2n) is 4.09. The summed E-state index contributed by atoms with van der Waals surface area (Å²) >= 11 is 0. The van der Waals surface area contributed by atoms with Crippen LogP contribution in [0.1, 0.15) is 22.6 Å². The molecule has 0 fully saturated rings. The van der Waals surface area contributed by atoms with Crippen LogP contribution in [0.25, 0.3) is 0 Å². The summed E-state index contributed by atoms with van der Waals surface area (Å²) in [6, 6.07) is 4.45. The monoisotopic (exact) mass is 250 g/mol. The fourth-order valence-electron chi connectivity index (χ4n) is 1.69.